The van der Waals surface area contributed by atoms with Gasteiger partial charge in [-0.25, -0.2) is 9.78 Å². The maximum absolute atomic E-state index is 12.9. The molecule has 2 aliphatic rings. The summed E-state index contributed by atoms with van der Waals surface area (Å²) in [4.78, 5) is 27.9. The highest BCUT2D eigenvalue weighted by atomic mass is 32.1. The fraction of sp³-hybridized carbons (Fsp3) is 0.526. The first-order valence-electron chi connectivity index (χ1n) is 9.55. The van der Waals surface area contributed by atoms with Crippen molar-refractivity contribution in [2.24, 2.45) is 11.8 Å². The molecule has 27 heavy (non-hydrogen) atoms. The first-order chi connectivity index (χ1) is 13.1. The zero-order chi connectivity index (χ0) is 18.8. The molecule has 2 heterocycles. The molecule has 2 fully saturated rings. The van der Waals surface area contributed by atoms with Gasteiger partial charge < -0.3 is 15.7 Å². The fourth-order valence-electron chi connectivity index (χ4n) is 4.45. The van der Waals surface area contributed by atoms with E-state index >= 15 is 0 Å². The van der Waals surface area contributed by atoms with Gasteiger partial charge in [0.15, 0.2) is 5.13 Å². The lowest BCUT2D eigenvalue weighted by molar-refractivity contribution is -0.119. The summed E-state index contributed by atoms with van der Waals surface area (Å²) in [5.41, 5.74) is 1.43. The van der Waals surface area contributed by atoms with Crippen molar-refractivity contribution in [1.29, 1.82) is 0 Å². The molecule has 1 aliphatic carbocycles. The summed E-state index contributed by atoms with van der Waals surface area (Å²) in [6.07, 6.45) is 6.30. The number of anilines is 2. The number of carbonyl (C=O) groups is 2. The number of rotatable bonds is 4. The average molecular weight is 388 g/mol. The highest BCUT2D eigenvalue weighted by Crippen LogP contribution is 2.36. The maximum atomic E-state index is 12.9. The van der Waals surface area contributed by atoms with Crippen molar-refractivity contribution in [1.82, 2.24) is 10.3 Å². The summed E-state index contributed by atoms with van der Waals surface area (Å²) in [6, 6.07) is 5.33. The molecule has 1 aliphatic heterocycles. The maximum Gasteiger partial charge on any atom is 0.410 e. The molecule has 1 aromatic carbocycles. The van der Waals surface area contributed by atoms with E-state index in [9.17, 15) is 9.59 Å². The number of hydrogen-bond acceptors (Lipinski definition) is 5. The number of nitrogens with zero attached hydrogens (tertiary/aromatic N) is 1. The van der Waals surface area contributed by atoms with Crippen molar-refractivity contribution in [3.8, 4) is 0 Å². The van der Waals surface area contributed by atoms with Crippen LogP contribution in [0.15, 0.2) is 18.2 Å². The van der Waals surface area contributed by atoms with Gasteiger partial charge in [-0.1, -0.05) is 43.4 Å². The van der Waals surface area contributed by atoms with E-state index in [0.717, 1.165) is 17.7 Å². The zero-order valence-electron chi connectivity index (χ0n) is 15.0. The molecule has 4 rings (SSSR count). The van der Waals surface area contributed by atoms with E-state index in [1.165, 1.54) is 43.4 Å². The van der Waals surface area contributed by atoms with Gasteiger partial charge in [-0.3, -0.25) is 10.1 Å². The number of carbonyl (C=O) groups excluding carboxylic acids is 1. The Morgan fingerprint density at radius 2 is 1.96 bits per heavy atom. The van der Waals surface area contributed by atoms with Gasteiger partial charge in [0.05, 0.1) is 16.3 Å². The van der Waals surface area contributed by atoms with Crippen LogP contribution in [0.4, 0.5) is 15.6 Å². The largest absolute Gasteiger partial charge is 0.465 e. The molecule has 2 amide bonds. The minimum absolute atomic E-state index is 0.0239. The molecule has 1 saturated heterocycles. The van der Waals surface area contributed by atoms with Crippen LogP contribution in [0.5, 0.6) is 0 Å². The van der Waals surface area contributed by atoms with Crippen molar-refractivity contribution >= 4 is 44.4 Å². The van der Waals surface area contributed by atoms with Crippen LogP contribution in [-0.2, 0) is 4.79 Å². The van der Waals surface area contributed by atoms with E-state index in [4.69, 9.17) is 5.11 Å². The third kappa shape index (κ3) is 4.06. The molecule has 2 aromatic rings. The predicted molar refractivity (Wildman–Crippen MR) is 106 cm³/mol. The van der Waals surface area contributed by atoms with Gasteiger partial charge in [-0.2, -0.15) is 0 Å². The van der Waals surface area contributed by atoms with Gasteiger partial charge in [0.25, 0.3) is 0 Å². The molecule has 0 radical (unpaired) electrons. The van der Waals surface area contributed by atoms with Crippen LogP contribution in [-0.4, -0.2) is 34.7 Å². The van der Waals surface area contributed by atoms with Crippen LogP contribution in [0.3, 0.4) is 0 Å². The monoisotopic (exact) mass is 388 g/mol. The van der Waals surface area contributed by atoms with E-state index in [2.05, 4.69) is 20.9 Å². The fourth-order valence-corrected chi connectivity index (χ4v) is 5.34. The van der Waals surface area contributed by atoms with E-state index in [-0.39, 0.29) is 11.9 Å². The van der Waals surface area contributed by atoms with Crippen LogP contribution in [0.25, 0.3) is 10.2 Å². The Morgan fingerprint density at radius 3 is 2.74 bits per heavy atom. The van der Waals surface area contributed by atoms with Gasteiger partial charge >= 0.3 is 6.09 Å². The Hall–Kier alpha value is -2.19. The molecule has 1 saturated carbocycles. The molecule has 7 nitrogen and oxygen atoms in total. The van der Waals surface area contributed by atoms with Crippen LogP contribution in [0.1, 0.15) is 38.5 Å². The van der Waals surface area contributed by atoms with E-state index in [1.807, 2.05) is 12.1 Å². The van der Waals surface area contributed by atoms with Crippen molar-refractivity contribution in [2.45, 2.75) is 44.6 Å². The average Bonchev–Trinajstić information content (AvgIpc) is 3.28. The number of hydrogen-bond donors (Lipinski definition) is 4. The van der Waals surface area contributed by atoms with Crippen molar-refractivity contribution in [3.63, 3.8) is 0 Å². The van der Waals surface area contributed by atoms with Gasteiger partial charge in [0.2, 0.25) is 5.91 Å². The standard InChI is InChI=1S/C19H24N4O3S/c24-17(16-13(8-9-20-16)11-4-2-1-3-5-11)21-12-6-7-14-15(10-12)27-18(22-14)23-19(25)26/h6-7,10-11,13,16,20H,1-5,8-9H2,(H,21,24)(H,22,23)(H,25,26)/t13-,16+/m0/s1. The molecule has 0 bridgehead atoms. The smallest absolute Gasteiger partial charge is 0.410 e. The highest BCUT2D eigenvalue weighted by molar-refractivity contribution is 7.22. The summed E-state index contributed by atoms with van der Waals surface area (Å²) in [6.45, 7) is 0.900. The molecule has 4 N–H and O–H groups in total. The second-order valence-electron chi connectivity index (χ2n) is 7.40. The molecule has 0 spiro atoms. The highest BCUT2D eigenvalue weighted by Gasteiger charge is 2.38. The number of thiazole rings is 1. The number of aromatic nitrogens is 1. The van der Waals surface area contributed by atoms with Crippen molar-refractivity contribution in [2.75, 3.05) is 17.2 Å². The summed E-state index contributed by atoms with van der Waals surface area (Å²) >= 11 is 1.25. The van der Waals surface area contributed by atoms with Crippen LogP contribution in [0, 0.1) is 11.8 Å². The van der Waals surface area contributed by atoms with Gasteiger partial charge in [-0.15, -0.1) is 0 Å². The second-order valence-corrected chi connectivity index (χ2v) is 8.43. The summed E-state index contributed by atoms with van der Waals surface area (Å²) in [5, 5.41) is 17.8. The number of nitrogens with one attached hydrogen (secondary N) is 3. The van der Waals surface area contributed by atoms with Crippen LogP contribution in [0.2, 0.25) is 0 Å². The van der Waals surface area contributed by atoms with Crippen LogP contribution < -0.4 is 16.0 Å². The first kappa shape index (κ1) is 18.2. The Balaban J connectivity index is 1.45. The lowest BCUT2D eigenvalue weighted by atomic mass is 9.76. The molecule has 1 aromatic heterocycles. The zero-order valence-corrected chi connectivity index (χ0v) is 15.8. The molecule has 8 heteroatoms. The number of benzene rings is 1. The lowest BCUT2D eigenvalue weighted by Gasteiger charge is -2.30. The molecule has 0 unspecified atom stereocenters. The summed E-state index contributed by atoms with van der Waals surface area (Å²) in [7, 11) is 0. The van der Waals surface area contributed by atoms with E-state index < -0.39 is 6.09 Å². The Bertz CT molecular complexity index is 847. The summed E-state index contributed by atoms with van der Waals surface area (Å²) < 4.78 is 0.833. The van der Waals surface area contributed by atoms with Crippen molar-refractivity contribution < 1.29 is 14.7 Å². The Morgan fingerprint density at radius 1 is 1.15 bits per heavy atom. The predicted octanol–water partition coefficient (Wildman–Crippen LogP) is 3.88. The quantitative estimate of drug-likeness (QED) is 0.636. The van der Waals surface area contributed by atoms with E-state index in [1.54, 1.807) is 6.07 Å². The molecule has 2 atom stereocenters. The third-order valence-electron chi connectivity index (χ3n) is 5.68. The summed E-state index contributed by atoms with van der Waals surface area (Å²) in [5.74, 6) is 1.10. The topological polar surface area (TPSA) is 103 Å². The Kier molecular flexibility index (Phi) is 5.27. The molecule has 144 valence electrons. The first-order valence-corrected chi connectivity index (χ1v) is 10.4. The van der Waals surface area contributed by atoms with E-state index in [0.29, 0.717) is 28.2 Å². The van der Waals surface area contributed by atoms with Gasteiger partial charge in [0, 0.05) is 5.69 Å². The third-order valence-corrected chi connectivity index (χ3v) is 6.61. The lowest BCUT2D eigenvalue weighted by Crippen LogP contribution is -2.42. The molecular weight excluding hydrogens is 364 g/mol. The van der Waals surface area contributed by atoms with Gasteiger partial charge in [-0.05, 0) is 43.0 Å². The minimum atomic E-state index is -1.14. The minimum Gasteiger partial charge on any atom is -0.465 e. The van der Waals surface area contributed by atoms with Crippen LogP contribution >= 0.6 is 11.3 Å². The Labute approximate surface area is 161 Å². The normalized spacial score (nSPS) is 23.4. The second kappa shape index (κ2) is 7.82. The number of fused-ring (bicyclic) bond motifs is 1. The SMILES string of the molecule is O=C(O)Nc1nc2ccc(NC(=O)[C@@H]3NCC[C@H]3C3CCCCC3)cc2s1. The molecular formula is C19H24N4O3S. The number of carboxylic acid groups (broad SMARTS) is 1. The van der Waals surface area contributed by atoms with Crippen molar-refractivity contribution in [3.05, 3.63) is 18.2 Å². The number of amides is 2. The van der Waals surface area contributed by atoms with Gasteiger partial charge in [0.1, 0.15) is 0 Å².